The van der Waals surface area contributed by atoms with Crippen LogP contribution in [0.2, 0.25) is 0 Å². The molecule has 0 spiro atoms. The van der Waals surface area contributed by atoms with E-state index in [9.17, 15) is 9.59 Å². The summed E-state index contributed by atoms with van der Waals surface area (Å²) < 4.78 is 5.30. The van der Waals surface area contributed by atoms with Crippen LogP contribution in [0.15, 0.2) is 54.6 Å². The summed E-state index contributed by atoms with van der Waals surface area (Å²) in [6.07, 6.45) is 0.682. The lowest BCUT2D eigenvalue weighted by molar-refractivity contribution is -0.136. The molecule has 0 saturated heterocycles. The minimum absolute atomic E-state index is 0.0307. The zero-order valence-electron chi connectivity index (χ0n) is 11.8. The van der Waals surface area contributed by atoms with Crippen molar-refractivity contribution in [2.24, 2.45) is 5.41 Å². The number of para-hydroxylation sites is 1. The molecule has 2 aromatic carbocycles. The van der Waals surface area contributed by atoms with Crippen molar-refractivity contribution in [3.05, 3.63) is 65.7 Å². The third kappa shape index (κ3) is 2.59. The van der Waals surface area contributed by atoms with E-state index in [4.69, 9.17) is 4.74 Å². The number of Topliss-reactive ketones (excluding diaryl/α,β-unsaturated/α-hetero) is 1. The largest absolute Gasteiger partial charge is 0.427 e. The molecule has 0 saturated carbocycles. The van der Waals surface area contributed by atoms with Gasteiger partial charge in [0.1, 0.15) is 5.75 Å². The van der Waals surface area contributed by atoms with Crippen LogP contribution in [0.1, 0.15) is 29.3 Å². The summed E-state index contributed by atoms with van der Waals surface area (Å²) in [6.45, 7) is 1.83. The topological polar surface area (TPSA) is 43.4 Å². The summed E-state index contributed by atoms with van der Waals surface area (Å²) in [6, 6.07) is 16.5. The summed E-state index contributed by atoms with van der Waals surface area (Å²) in [7, 11) is 0. The number of carbonyl (C=O) groups is 2. The molecule has 2 aromatic rings. The second-order valence-corrected chi connectivity index (χ2v) is 5.69. The smallest absolute Gasteiger partial charge is 0.312 e. The van der Waals surface area contributed by atoms with Gasteiger partial charge >= 0.3 is 5.97 Å². The van der Waals surface area contributed by atoms with E-state index in [1.807, 2.05) is 37.3 Å². The lowest BCUT2D eigenvalue weighted by Crippen LogP contribution is -2.29. The Morgan fingerprint density at radius 1 is 1.10 bits per heavy atom. The summed E-state index contributed by atoms with van der Waals surface area (Å²) in [5, 5.41) is 0. The van der Waals surface area contributed by atoms with E-state index >= 15 is 0 Å². The van der Waals surface area contributed by atoms with E-state index in [1.54, 1.807) is 24.3 Å². The monoisotopic (exact) mass is 280 g/mol. The highest BCUT2D eigenvalue weighted by Crippen LogP contribution is 2.39. The Bertz CT molecular complexity index is 691. The number of benzene rings is 2. The fourth-order valence-electron chi connectivity index (χ4n) is 2.84. The average Bonchev–Trinajstić information content (AvgIpc) is 2.71. The number of carbonyl (C=O) groups excluding carboxylic acids is 2. The Morgan fingerprint density at radius 3 is 2.48 bits per heavy atom. The fourth-order valence-corrected chi connectivity index (χ4v) is 2.84. The summed E-state index contributed by atoms with van der Waals surface area (Å²) in [4.78, 5) is 24.6. The molecule has 1 aliphatic rings. The SMILES string of the molecule is CC1(CC(=O)Oc2ccccc2)Cc2ccccc2C1=O. The Balaban J connectivity index is 1.74. The molecule has 1 aliphatic carbocycles. The number of rotatable bonds is 3. The lowest BCUT2D eigenvalue weighted by atomic mass is 9.83. The van der Waals surface area contributed by atoms with Gasteiger partial charge in [-0.15, -0.1) is 0 Å². The summed E-state index contributed by atoms with van der Waals surface area (Å²) in [5.41, 5.74) is 1.04. The molecule has 1 unspecified atom stereocenters. The van der Waals surface area contributed by atoms with Crippen molar-refractivity contribution < 1.29 is 14.3 Å². The van der Waals surface area contributed by atoms with Crippen molar-refractivity contribution >= 4 is 11.8 Å². The third-order valence-electron chi connectivity index (χ3n) is 3.90. The van der Waals surface area contributed by atoms with Gasteiger partial charge < -0.3 is 4.74 Å². The standard InChI is InChI=1S/C18H16O3/c1-18(11-13-7-5-6-10-15(13)17(18)20)12-16(19)21-14-8-3-2-4-9-14/h2-10H,11-12H2,1H3. The normalized spacial score (nSPS) is 20.1. The minimum atomic E-state index is -0.699. The predicted octanol–water partition coefficient (Wildman–Crippen LogP) is 3.43. The van der Waals surface area contributed by atoms with Gasteiger partial charge in [-0.25, -0.2) is 0 Å². The molecule has 106 valence electrons. The van der Waals surface area contributed by atoms with Crippen LogP contribution in [-0.4, -0.2) is 11.8 Å². The number of ketones is 1. The number of ether oxygens (including phenoxy) is 1. The van der Waals surface area contributed by atoms with Crippen LogP contribution in [0.25, 0.3) is 0 Å². The molecule has 0 N–H and O–H groups in total. The molecular weight excluding hydrogens is 264 g/mol. The molecule has 21 heavy (non-hydrogen) atoms. The number of hydrogen-bond donors (Lipinski definition) is 0. The van der Waals surface area contributed by atoms with Gasteiger partial charge in [0, 0.05) is 11.0 Å². The second-order valence-electron chi connectivity index (χ2n) is 5.69. The van der Waals surface area contributed by atoms with Crippen LogP contribution in [0.4, 0.5) is 0 Å². The molecule has 0 aliphatic heterocycles. The van der Waals surface area contributed by atoms with E-state index in [0.717, 1.165) is 11.1 Å². The molecule has 3 rings (SSSR count). The molecular formula is C18H16O3. The van der Waals surface area contributed by atoms with Crippen molar-refractivity contribution in [1.29, 1.82) is 0 Å². The van der Waals surface area contributed by atoms with Crippen LogP contribution in [-0.2, 0) is 11.2 Å². The molecule has 0 aromatic heterocycles. The molecule has 3 nitrogen and oxygen atoms in total. The van der Waals surface area contributed by atoms with Gasteiger partial charge in [0.15, 0.2) is 5.78 Å². The predicted molar refractivity (Wildman–Crippen MR) is 79.3 cm³/mol. The van der Waals surface area contributed by atoms with Gasteiger partial charge in [0.2, 0.25) is 0 Å². The van der Waals surface area contributed by atoms with Crippen LogP contribution in [0, 0.1) is 5.41 Å². The highest BCUT2D eigenvalue weighted by molar-refractivity contribution is 6.06. The van der Waals surface area contributed by atoms with E-state index in [1.165, 1.54) is 0 Å². The highest BCUT2D eigenvalue weighted by atomic mass is 16.5. The first-order valence-electron chi connectivity index (χ1n) is 6.97. The Hall–Kier alpha value is -2.42. The van der Waals surface area contributed by atoms with Crippen LogP contribution in [0.3, 0.4) is 0 Å². The zero-order chi connectivity index (χ0) is 14.9. The van der Waals surface area contributed by atoms with Crippen molar-refractivity contribution in [1.82, 2.24) is 0 Å². The molecule has 0 radical (unpaired) electrons. The number of esters is 1. The Kier molecular flexibility index (Phi) is 3.34. The van der Waals surface area contributed by atoms with Crippen LogP contribution < -0.4 is 4.74 Å². The summed E-state index contributed by atoms with van der Waals surface area (Å²) >= 11 is 0. The molecule has 1 atom stereocenters. The Morgan fingerprint density at radius 2 is 1.76 bits per heavy atom. The van der Waals surface area contributed by atoms with Crippen LogP contribution in [0.5, 0.6) is 5.75 Å². The average molecular weight is 280 g/mol. The Labute approximate surface area is 123 Å². The maximum atomic E-state index is 12.5. The van der Waals surface area contributed by atoms with E-state index in [-0.39, 0.29) is 18.2 Å². The van der Waals surface area contributed by atoms with E-state index in [0.29, 0.717) is 12.2 Å². The maximum Gasteiger partial charge on any atom is 0.312 e. The molecule has 3 heteroatoms. The number of hydrogen-bond acceptors (Lipinski definition) is 3. The van der Waals surface area contributed by atoms with Gasteiger partial charge in [-0.3, -0.25) is 9.59 Å². The number of fused-ring (bicyclic) bond motifs is 1. The van der Waals surface area contributed by atoms with E-state index in [2.05, 4.69) is 0 Å². The van der Waals surface area contributed by atoms with Crippen molar-refractivity contribution in [3.8, 4) is 5.75 Å². The fraction of sp³-hybridized carbons (Fsp3) is 0.222. The molecule has 0 amide bonds. The van der Waals surface area contributed by atoms with E-state index < -0.39 is 5.41 Å². The van der Waals surface area contributed by atoms with Crippen molar-refractivity contribution in [2.45, 2.75) is 19.8 Å². The maximum absolute atomic E-state index is 12.5. The molecule has 0 fully saturated rings. The summed E-state index contributed by atoms with van der Waals surface area (Å²) in [5.74, 6) is 0.169. The van der Waals surface area contributed by atoms with Crippen molar-refractivity contribution in [3.63, 3.8) is 0 Å². The first kappa shape index (κ1) is 13.6. The molecule has 0 heterocycles. The quantitative estimate of drug-likeness (QED) is 0.639. The van der Waals surface area contributed by atoms with Crippen LogP contribution >= 0.6 is 0 Å². The van der Waals surface area contributed by atoms with Gasteiger partial charge in [0.05, 0.1) is 6.42 Å². The second kappa shape index (κ2) is 5.17. The minimum Gasteiger partial charge on any atom is -0.427 e. The molecule has 0 bridgehead atoms. The lowest BCUT2D eigenvalue weighted by Gasteiger charge is -2.20. The van der Waals surface area contributed by atoms with Crippen molar-refractivity contribution in [2.75, 3.05) is 0 Å². The first-order valence-corrected chi connectivity index (χ1v) is 6.97. The van der Waals surface area contributed by atoms with Gasteiger partial charge in [-0.05, 0) is 24.1 Å². The highest BCUT2D eigenvalue weighted by Gasteiger charge is 2.43. The first-order chi connectivity index (χ1) is 10.1. The van der Waals surface area contributed by atoms with Gasteiger partial charge in [-0.2, -0.15) is 0 Å². The van der Waals surface area contributed by atoms with Gasteiger partial charge in [0.25, 0.3) is 0 Å². The third-order valence-corrected chi connectivity index (χ3v) is 3.90. The van der Waals surface area contributed by atoms with Gasteiger partial charge in [-0.1, -0.05) is 49.4 Å². The zero-order valence-corrected chi connectivity index (χ0v) is 11.8.